The molecule has 0 bridgehead atoms. The van der Waals surface area contributed by atoms with E-state index in [0.717, 1.165) is 6.07 Å². The lowest BCUT2D eigenvalue weighted by Crippen LogP contribution is -2.40. The molecule has 0 aliphatic heterocycles. The Morgan fingerprint density at radius 3 is 2.55 bits per heavy atom. The van der Waals surface area contributed by atoms with Gasteiger partial charge < -0.3 is 5.11 Å². The zero-order valence-corrected chi connectivity index (χ0v) is 11.7. The molecule has 0 spiro atoms. The van der Waals surface area contributed by atoms with E-state index in [1.54, 1.807) is 0 Å². The molecule has 8 nitrogen and oxygen atoms in total. The summed E-state index contributed by atoms with van der Waals surface area (Å²) in [6, 6.07) is 2.13. The number of nitro benzene ring substituents is 1. The van der Waals surface area contributed by atoms with Crippen LogP contribution < -0.4 is 4.72 Å². The summed E-state index contributed by atoms with van der Waals surface area (Å²) < 4.78 is 26.0. The highest BCUT2D eigenvalue weighted by Crippen LogP contribution is 2.22. The molecule has 9 heteroatoms. The van der Waals surface area contributed by atoms with Crippen molar-refractivity contribution in [3.63, 3.8) is 0 Å². The van der Waals surface area contributed by atoms with Crippen molar-refractivity contribution in [3.05, 3.63) is 33.9 Å². The van der Waals surface area contributed by atoms with Gasteiger partial charge in [0.1, 0.15) is 6.04 Å². The second-order valence-corrected chi connectivity index (χ2v) is 5.84. The minimum atomic E-state index is -4.12. The van der Waals surface area contributed by atoms with Crippen molar-refractivity contribution in [1.82, 2.24) is 4.72 Å². The molecule has 0 saturated carbocycles. The number of hydrogen-bond acceptors (Lipinski definition) is 5. The lowest BCUT2D eigenvalue weighted by molar-refractivity contribution is -0.385. The molecule has 110 valence electrons. The number of sulfonamides is 1. The van der Waals surface area contributed by atoms with Gasteiger partial charge in [-0.05, 0) is 19.4 Å². The molecule has 0 amide bonds. The Bertz CT molecular complexity index is 640. The van der Waals surface area contributed by atoms with Crippen molar-refractivity contribution >= 4 is 21.7 Å². The van der Waals surface area contributed by atoms with Gasteiger partial charge in [0.2, 0.25) is 10.0 Å². The number of nitrogens with one attached hydrogen (secondary N) is 1. The summed E-state index contributed by atoms with van der Waals surface area (Å²) in [7, 11) is -4.12. The number of benzene rings is 1. The van der Waals surface area contributed by atoms with Gasteiger partial charge in [0, 0.05) is 11.6 Å². The number of carbonyl (C=O) groups is 1. The van der Waals surface area contributed by atoms with Gasteiger partial charge in [-0.2, -0.15) is 4.72 Å². The lowest BCUT2D eigenvalue weighted by Gasteiger charge is -2.12. The molecule has 0 radical (unpaired) electrons. The van der Waals surface area contributed by atoms with E-state index in [1.807, 2.05) is 4.72 Å². The Kier molecular flexibility index (Phi) is 4.79. The summed E-state index contributed by atoms with van der Waals surface area (Å²) in [5, 5.41) is 19.6. The Hall–Kier alpha value is -2.00. The number of carboxylic acids is 1. The third-order valence-electron chi connectivity index (χ3n) is 2.69. The first-order valence-corrected chi connectivity index (χ1v) is 7.17. The number of nitro groups is 1. The Morgan fingerprint density at radius 1 is 1.50 bits per heavy atom. The topological polar surface area (TPSA) is 127 Å². The summed E-state index contributed by atoms with van der Waals surface area (Å²) >= 11 is 0. The fraction of sp³-hybridized carbons (Fsp3) is 0.364. The first-order chi connectivity index (χ1) is 9.19. The van der Waals surface area contributed by atoms with E-state index in [1.165, 1.54) is 26.0 Å². The van der Waals surface area contributed by atoms with Gasteiger partial charge in [0.05, 0.1) is 9.82 Å². The van der Waals surface area contributed by atoms with E-state index in [0.29, 0.717) is 5.56 Å². The highest BCUT2D eigenvalue weighted by molar-refractivity contribution is 7.89. The molecule has 2 N–H and O–H groups in total. The largest absolute Gasteiger partial charge is 0.480 e. The van der Waals surface area contributed by atoms with E-state index in [4.69, 9.17) is 5.11 Å². The van der Waals surface area contributed by atoms with Gasteiger partial charge in [-0.3, -0.25) is 14.9 Å². The number of nitrogens with zero attached hydrogens (tertiary/aromatic N) is 1. The third-order valence-corrected chi connectivity index (χ3v) is 4.16. The summed E-state index contributed by atoms with van der Waals surface area (Å²) in [5.41, 5.74) is -0.0181. The maximum Gasteiger partial charge on any atom is 0.321 e. The molecule has 0 unspecified atom stereocenters. The van der Waals surface area contributed by atoms with Gasteiger partial charge in [-0.15, -0.1) is 0 Å². The molecule has 20 heavy (non-hydrogen) atoms. The Balaban J connectivity index is 3.19. The number of aliphatic carboxylic acids is 1. The summed E-state index contributed by atoms with van der Waals surface area (Å²) in [6.45, 7) is 2.99. The minimum absolute atomic E-state index is 0.0581. The van der Waals surface area contributed by atoms with E-state index in [2.05, 4.69) is 0 Å². The second-order valence-electron chi connectivity index (χ2n) is 4.13. The van der Waals surface area contributed by atoms with E-state index >= 15 is 0 Å². The Morgan fingerprint density at radius 2 is 2.10 bits per heavy atom. The van der Waals surface area contributed by atoms with Crippen LogP contribution in [-0.2, 0) is 14.8 Å². The molecule has 0 aromatic heterocycles. The molecular formula is C11H14N2O6S. The van der Waals surface area contributed by atoms with Crippen LogP contribution in [0.2, 0.25) is 0 Å². The average Bonchev–Trinajstić information content (AvgIpc) is 2.35. The quantitative estimate of drug-likeness (QED) is 0.597. The predicted molar refractivity (Wildman–Crippen MR) is 69.9 cm³/mol. The number of carboxylic acid groups (broad SMARTS) is 1. The van der Waals surface area contributed by atoms with Crippen molar-refractivity contribution in [2.45, 2.75) is 31.2 Å². The normalized spacial score (nSPS) is 12.9. The fourth-order valence-corrected chi connectivity index (χ4v) is 2.81. The van der Waals surface area contributed by atoms with Gasteiger partial charge in [-0.1, -0.05) is 13.0 Å². The van der Waals surface area contributed by atoms with Crippen molar-refractivity contribution in [1.29, 1.82) is 0 Å². The first-order valence-electron chi connectivity index (χ1n) is 5.69. The van der Waals surface area contributed by atoms with Crippen LogP contribution in [0.5, 0.6) is 0 Å². The van der Waals surface area contributed by atoms with Crippen LogP contribution in [0, 0.1) is 17.0 Å². The fourth-order valence-electron chi connectivity index (χ4n) is 1.52. The molecule has 1 atom stereocenters. The molecular weight excluding hydrogens is 288 g/mol. The minimum Gasteiger partial charge on any atom is -0.480 e. The average molecular weight is 302 g/mol. The summed E-state index contributed by atoms with van der Waals surface area (Å²) in [6.07, 6.45) is 0.0581. The molecule has 1 rings (SSSR count). The molecule has 0 aliphatic rings. The predicted octanol–water partition coefficient (Wildman–Crippen LogP) is 1.04. The van der Waals surface area contributed by atoms with Crippen molar-refractivity contribution in [3.8, 4) is 0 Å². The zero-order valence-electron chi connectivity index (χ0n) is 10.9. The molecule has 1 aromatic carbocycles. The van der Waals surface area contributed by atoms with Crippen LogP contribution in [0.3, 0.4) is 0 Å². The van der Waals surface area contributed by atoms with Gasteiger partial charge in [-0.25, -0.2) is 8.42 Å². The first kappa shape index (κ1) is 16.1. The van der Waals surface area contributed by atoms with Crippen LogP contribution in [-0.4, -0.2) is 30.5 Å². The van der Waals surface area contributed by atoms with E-state index in [-0.39, 0.29) is 17.0 Å². The second kappa shape index (κ2) is 5.97. The number of hydrogen-bond donors (Lipinski definition) is 2. The summed E-state index contributed by atoms with van der Waals surface area (Å²) in [4.78, 5) is 20.6. The molecule has 0 fully saturated rings. The van der Waals surface area contributed by atoms with Gasteiger partial charge in [0.15, 0.2) is 0 Å². The van der Waals surface area contributed by atoms with Gasteiger partial charge in [0.25, 0.3) is 5.69 Å². The maximum absolute atomic E-state index is 12.0. The lowest BCUT2D eigenvalue weighted by atomic mass is 10.2. The number of rotatable bonds is 6. The Labute approximate surface area is 115 Å². The summed E-state index contributed by atoms with van der Waals surface area (Å²) in [5.74, 6) is -1.31. The SMILES string of the molecule is CC[C@H](NS(=O)(=O)c1ccc(C)c([N+](=O)[O-])c1)C(=O)O. The van der Waals surface area contributed by atoms with Crippen molar-refractivity contribution < 1.29 is 23.2 Å². The van der Waals surface area contributed by atoms with Crippen LogP contribution in [0.4, 0.5) is 5.69 Å². The molecule has 0 saturated heterocycles. The van der Waals surface area contributed by atoms with Crippen molar-refractivity contribution in [2.24, 2.45) is 0 Å². The van der Waals surface area contributed by atoms with Crippen LogP contribution >= 0.6 is 0 Å². The zero-order chi connectivity index (χ0) is 15.5. The molecule has 0 aliphatic carbocycles. The smallest absolute Gasteiger partial charge is 0.321 e. The molecule has 0 heterocycles. The van der Waals surface area contributed by atoms with Gasteiger partial charge >= 0.3 is 5.97 Å². The highest BCUT2D eigenvalue weighted by atomic mass is 32.2. The van der Waals surface area contributed by atoms with E-state index < -0.39 is 27.0 Å². The monoisotopic (exact) mass is 302 g/mol. The standard InChI is InChI=1S/C11H14N2O6S/c1-3-9(11(14)15)12-20(18,19)8-5-4-7(2)10(6-8)13(16)17/h4-6,9,12H,3H2,1-2H3,(H,14,15)/t9-/m0/s1. The third kappa shape index (κ3) is 3.52. The van der Waals surface area contributed by atoms with Crippen molar-refractivity contribution in [2.75, 3.05) is 0 Å². The maximum atomic E-state index is 12.0. The van der Waals surface area contributed by atoms with E-state index in [9.17, 15) is 23.3 Å². The number of aryl methyl sites for hydroxylation is 1. The molecule has 1 aromatic rings. The highest BCUT2D eigenvalue weighted by Gasteiger charge is 2.25. The van der Waals surface area contributed by atoms with Crippen LogP contribution in [0.1, 0.15) is 18.9 Å². The van der Waals surface area contributed by atoms with Crippen LogP contribution in [0.25, 0.3) is 0 Å². The van der Waals surface area contributed by atoms with Crippen LogP contribution in [0.15, 0.2) is 23.1 Å².